The van der Waals surface area contributed by atoms with Gasteiger partial charge in [-0.05, 0) is 37.5 Å². The van der Waals surface area contributed by atoms with Crippen LogP contribution in [0.2, 0.25) is 0 Å². The van der Waals surface area contributed by atoms with Gasteiger partial charge < -0.3 is 5.73 Å². The van der Waals surface area contributed by atoms with Crippen molar-refractivity contribution in [1.82, 2.24) is 0 Å². The number of aryl methyl sites for hydroxylation is 1. The third kappa shape index (κ3) is 2.29. The highest BCUT2D eigenvalue weighted by atomic mass is 32.2. The lowest BCUT2D eigenvalue weighted by Gasteiger charge is -2.25. The molecule has 1 fully saturated rings. The highest BCUT2D eigenvalue weighted by molar-refractivity contribution is 7.90. The lowest BCUT2D eigenvalue weighted by atomic mass is 9.88. The molecule has 18 heavy (non-hydrogen) atoms. The van der Waals surface area contributed by atoms with Crippen molar-refractivity contribution in [3.05, 3.63) is 29.1 Å². The van der Waals surface area contributed by atoms with Crippen LogP contribution in [0.25, 0.3) is 0 Å². The predicted octanol–water partition coefficient (Wildman–Crippen LogP) is 2.27. The normalized spacial score (nSPS) is 19.1. The number of benzene rings is 1. The minimum Gasteiger partial charge on any atom is -0.321 e. The van der Waals surface area contributed by atoms with Gasteiger partial charge in [-0.1, -0.05) is 12.8 Å². The highest BCUT2D eigenvalue weighted by Crippen LogP contribution is 2.38. The van der Waals surface area contributed by atoms with E-state index in [9.17, 15) is 12.8 Å². The molecule has 0 amide bonds. The number of hydrogen-bond acceptors (Lipinski definition) is 3. The molecule has 0 unspecified atom stereocenters. The maximum Gasteiger partial charge on any atom is 0.175 e. The van der Waals surface area contributed by atoms with Crippen molar-refractivity contribution < 1.29 is 12.8 Å². The Kier molecular flexibility index (Phi) is 3.23. The zero-order valence-corrected chi connectivity index (χ0v) is 11.5. The van der Waals surface area contributed by atoms with Gasteiger partial charge in [-0.25, -0.2) is 12.8 Å². The summed E-state index contributed by atoms with van der Waals surface area (Å²) in [7, 11) is -3.35. The maximum atomic E-state index is 14.0. The lowest BCUT2D eigenvalue weighted by molar-refractivity contribution is 0.431. The Bertz CT molecular complexity index is 575. The maximum absolute atomic E-state index is 14.0. The van der Waals surface area contributed by atoms with Crippen LogP contribution < -0.4 is 5.73 Å². The van der Waals surface area contributed by atoms with Gasteiger partial charge in [0.1, 0.15) is 5.82 Å². The van der Waals surface area contributed by atoms with Gasteiger partial charge in [0.25, 0.3) is 0 Å². The van der Waals surface area contributed by atoms with Crippen LogP contribution >= 0.6 is 0 Å². The quantitative estimate of drug-likeness (QED) is 0.839. The van der Waals surface area contributed by atoms with Crippen molar-refractivity contribution in [2.75, 3.05) is 6.26 Å². The molecule has 1 aromatic rings. The zero-order valence-electron chi connectivity index (χ0n) is 10.7. The smallest absolute Gasteiger partial charge is 0.175 e. The first-order chi connectivity index (χ1) is 8.24. The largest absolute Gasteiger partial charge is 0.321 e. The van der Waals surface area contributed by atoms with E-state index in [1.807, 2.05) is 0 Å². The van der Waals surface area contributed by atoms with Crippen molar-refractivity contribution in [2.24, 2.45) is 5.73 Å². The first-order valence-corrected chi connectivity index (χ1v) is 7.93. The molecule has 0 heterocycles. The molecule has 0 saturated heterocycles. The van der Waals surface area contributed by atoms with Crippen molar-refractivity contribution in [2.45, 2.75) is 43.0 Å². The lowest BCUT2D eigenvalue weighted by Crippen LogP contribution is -2.34. The van der Waals surface area contributed by atoms with E-state index in [0.717, 1.165) is 19.1 Å². The molecule has 0 radical (unpaired) electrons. The van der Waals surface area contributed by atoms with E-state index < -0.39 is 21.2 Å². The number of rotatable bonds is 2. The second-order valence-corrected chi connectivity index (χ2v) is 7.22. The van der Waals surface area contributed by atoms with Crippen LogP contribution in [0.3, 0.4) is 0 Å². The summed E-state index contributed by atoms with van der Waals surface area (Å²) in [6, 6.07) is 2.70. The predicted molar refractivity (Wildman–Crippen MR) is 68.6 cm³/mol. The van der Waals surface area contributed by atoms with E-state index in [1.165, 1.54) is 12.1 Å². The van der Waals surface area contributed by atoms with Crippen LogP contribution in [0.4, 0.5) is 4.39 Å². The molecule has 1 aliphatic carbocycles. The van der Waals surface area contributed by atoms with Crippen molar-refractivity contribution >= 4 is 9.84 Å². The first kappa shape index (κ1) is 13.5. The second-order valence-electron chi connectivity index (χ2n) is 5.23. The SMILES string of the molecule is Cc1cc(F)c(C2(N)CCCC2)cc1S(C)(=O)=O. The van der Waals surface area contributed by atoms with Gasteiger partial charge in [-0.3, -0.25) is 0 Å². The minimum atomic E-state index is -3.35. The van der Waals surface area contributed by atoms with Crippen molar-refractivity contribution in [3.63, 3.8) is 0 Å². The summed E-state index contributed by atoms with van der Waals surface area (Å²) < 4.78 is 37.4. The molecule has 0 bridgehead atoms. The molecular formula is C13H18FNO2S. The Labute approximate surface area is 107 Å². The van der Waals surface area contributed by atoms with E-state index in [1.54, 1.807) is 6.92 Å². The van der Waals surface area contributed by atoms with Crippen LogP contribution in [0, 0.1) is 12.7 Å². The molecule has 0 atom stereocenters. The Morgan fingerprint density at radius 2 is 1.83 bits per heavy atom. The molecule has 0 spiro atoms. The van der Waals surface area contributed by atoms with Gasteiger partial charge in [0.2, 0.25) is 0 Å². The molecule has 3 nitrogen and oxygen atoms in total. The molecule has 0 aliphatic heterocycles. The average molecular weight is 271 g/mol. The third-order valence-electron chi connectivity index (χ3n) is 3.70. The van der Waals surface area contributed by atoms with Gasteiger partial charge in [0, 0.05) is 17.4 Å². The number of halogens is 1. The van der Waals surface area contributed by atoms with E-state index in [0.29, 0.717) is 24.0 Å². The van der Waals surface area contributed by atoms with Gasteiger partial charge in [-0.2, -0.15) is 0 Å². The summed E-state index contributed by atoms with van der Waals surface area (Å²) in [5, 5.41) is 0. The molecule has 2 rings (SSSR count). The summed E-state index contributed by atoms with van der Waals surface area (Å²) >= 11 is 0. The first-order valence-electron chi connectivity index (χ1n) is 6.04. The number of sulfone groups is 1. The molecule has 5 heteroatoms. The Hall–Kier alpha value is -0.940. The summed E-state index contributed by atoms with van der Waals surface area (Å²) in [5.41, 5.74) is 6.27. The summed E-state index contributed by atoms with van der Waals surface area (Å²) in [4.78, 5) is 0.177. The summed E-state index contributed by atoms with van der Waals surface area (Å²) in [5.74, 6) is -0.399. The monoisotopic (exact) mass is 271 g/mol. The third-order valence-corrected chi connectivity index (χ3v) is 4.94. The number of hydrogen-bond donors (Lipinski definition) is 1. The summed E-state index contributed by atoms with van der Waals surface area (Å²) in [6.45, 7) is 1.60. The molecule has 100 valence electrons. The zero-order chi connectivity index (χ0) is 13.6. The van der Waals surface area contributed by atoms with Crippen molar-refractivity contribution in [3.8, 4) is 0 Å². The highest BCUT2D eigenvalue weighted by Gasteiger charge is 2.34. The van der Waals surface area contributed by atoms with Gasteiger partial charge >= 0.3 is 0 Å². The van der Waals surface area contributed by atoms with Crippen LogP contribution in [0.1, 0.15) is 36.8 Å². The molecule has 0 aromatic heterocycles. The van der Waals surface area contributed by atoms with E-state index in [-0.39, 0.29) is 4.90 Å². The average Bonchev–Trinajstić information content (AvgIpc) is 2.63. The van der Waals surface area contributed by atoms with E-state index >= 15 is 0 Å². The molecule has 2 N–H and O–H groups in total. The molecular weight excluding hydrogens is 253 g/mol. The van der Waals surface area contributed by atoms with Gasteiger partial charge in [0.05, 0.1) is 4.90 Å². The van der Waals surface area contributed by atoms with Crippen molar-refractivity contribution in [1.29, 1.82) is 0 Å². The fourth-order valence-electron chi connectivity index (χ4n) is 2.71. The fraction of sp³-hybridized carbons (Fsp3) is 0.538. The molecule has 1 aromatic carbocycles. The summed E-state index contributed by atoms with van der Waals surface area (Å²) in [6.07, 6.45) is 4.46. The Morgan fingerprint density at radius 1 is 1.28 bits per heavy atom. The topological polar surface area (TPSA) is 60.2 Å². The van der Waals surface area contributed by atoms with Gasteiger partial charge in [0.15, 0.2) is 9.84 Å². The fourth-order valence-corrected chi connectivity index (χ4v) is 3.68. The van der Waals surface area contributed by atoms with Crippen LogP contribution in [-0.4, -0.2) is 14.7 Å². The minimum absolute atomic E-state index is 0.177. The van der Waals surface area contributed by atoms with Crippen LogP contribution in [-0.2, 0) is 15.4 Å². The molecule has 1 aliphatic rings. The second kappa shape index (κ2) is 4.31. The van der Waals surface area contributed by atoms with Gasteiger partial charge in [-0.15, -0.1) is 0 Å². The van der Waals surface area contributed by atoms with Crippen LogP contribution in [0.5, 0.6) is 0 Å². The Balaban J connectivity index is 2.62. The van der Waals surface area contributed by atoms with E-state index in [4.69, 9.17) is 5.73 Å². The standard InChI is InChI=1S/C13H18FNO2S/c1-9-7-11(14)10(8-12(9)18(2,16)17)13(15)5-3-4-6-13/h7-8H,3-6,15H2,1-2H3. The Morgan fingerprint density at radius 3 is 2.33 bits per heavy atom. The van der Waals surface area contributed by atoms with Crippen LogP contribution in [0.15, 0.2) is 17.0 Å². The van der Waals surface area contributed by atoms with E-state index in [2.05, 4.69) is 0 Å². The number of nitrogens with two attached hydrogens (primary N) is 1. The molecule has 1 saturated carbocycles.